The average molecular weight is 503 g/mol. The number of methoxy groups -OCH3 is 1. The molecule has 2 fully saturated rings. The number of para-hydroxylation sites is 1. The first-order chi connectivity index (χ1) is 18.2. The molecule has 0 aliphatic carbocycles. The van der Waals surface area contributed by atoms with Crippen molar-refractivity contribution in [3.05, 3.63) is 65.9 Å². The molecule has 6 heteroatoms. The summed E-state index contributed by atoms with van der Waals surface area (Å²) in [6, 6.07) is 17.2. The van der Waals surface area contributed by atoms with E-state index in [0.29, 0.717) is 32.3 Å². The maximum absolute atomic E-state index is 12.8. The molecule has 0 spiro atoms. The molecule has 6 nitrogen and oxygen atoms in total. The van der Waals surface area contributed by atoms with Gasteiger partial charge in [-0.1, -0.05) is 42.5 Å². The molecule has 0 radical (unpaired) electrons. The summed E-state index contributed by atoms with van der Waals surface area (Å²) >= 11 is 0. The molecule has 2 aliphatic rings. The van der Waals surface area contributed by atoms with E-state index in [2.05, 4.69) is 54.4 Å². The Kier molecular flexibility index (Phi) is 8.49. The minimum Gasteiger partial charge on any atom is -0.382 e. The summed E-state index contributed by atoms with van der Waals surface area (Å²) in [7, 11) is 1.70. The molecule has 3 aromatic rings. The van der Waals surface area contributed by atoms with Crippen molar-refractivity contribution in [3.8, 4) is 11.1 Å². The lowest BCUT2D eigenvalue weighted by atomic mass is 9.80. The van der Waals surface area contributed by atoms with E-state index in [4.69, 9.17) is 14.2 Å². The second-order valence-corrected chi connectivity index (χ2v) is 10.3. The summed E-state index contributed by atoms with van der Waals surface area (Å²) in [5, 5.41) is 1.19. The molecule has 37 heavy (non-hydrogen) atoms. The van der Waals surface area contributed by atoms with Gasteiger partial charge in [0.2, 0.25) is 0 Å². The first-order valence-electron chi connectivity index (χ1n) is 13.6. The van der Waals surface area contributed by atoms with Crippen molar-refractivity contribution >= 4 is 16.8 Å². The van der Waals surface area contributed by atoms with Gasteiger partial charge in [-0.05, 0) is 61.3 Å². The van der Waals surface area contributed by atoms with E-state index in [-0.39, 0.29) is 17.9 Å². The summed E-state index contributed by atoms with van der Waals surface area (Å²) < 4.78 is 16.9. The number of rotatable bonds is 9. The van der Waals surface area contributed by atoms with Gasteiger partial charge in [0.15, 0.2) is 0 Å². The number of aromatic nitrogens is 1. The highest BCUT2D eigenvalue weighted by Gasteiger charge is 2.33. The van der Waals surface area contributed by atoms with Crippen molar-refractivity contribution in [3.63, 3.8) is 0 Å². The number of benzene rings is 2. The van der Waals surface area contributed by atoms with Crippen LogP contribution in [-0.2, 0) is 19.0 Å². The number of pyridine rings is 1. The molecule has 1 aromatic heterocycles. The van der Waals surface area contributed by atoms with Gasteiger partial charge in [0.1, 0.15) is 6.10 Å². The fourth-order valence-corrected chi connectivity index (χ4v) is 5.84. The largest absolute Gasteiger partial charge is 0.382 e. The number of likely N-dealkylation sites (tertiary alicyclic amines) is 1. The van der Waals surface area contributed by atoms with Gasteiger partial charge < -0.3 is 19.1 Å². The van der Waals surface area contributed by atoms with Crippen molar-refractivity contribution < 1.29 is 19.0 Å². The molecular formula is C31H38N2O4. The molecule has 0 N–H and O–H groups in total. The Hall–Kier alpha value is -2.80. The number of hydrogen-bond acceptors (Lipinski definition) is 5. The second-order valence-electron chi connectivity index (χ2n) is 10.3. The Morgan fingerprint density at radius 3 is 2.59 bits per heavy atom. The van der Waals surface area contributed by atoms with E-state index < -0.39 is 0 Å². The van der Waals surface area contributed by atoms with Crippen molar-refractivity contribution in [2.75, 3.05) is 46.6 Å². The van der Waals surface area contributed by atoms with E-state index in [1.54, 1.807) is 7.11 Å². The number of ether oxygens (including phenoxy) is 3. The maximum atomic E-state index is 12.8. The molecule has 0 bridgehead atoms. The molecule has 2 saturated heterocycles. The molecule has 1 unspecified atom stereocenters. The maximum Gasteiger partial charge on any atom is 0.251 e. The lowest BCUT2D eigenvalue weighted by Gasteiger charge is -2.37. The van der Waals surface area contributed by atoms with Gasteiger partial charge >= 0.3 is 0 Å². The third-order valence-corrected chi connectivity index (χ3v) is 8.05. The third kappa shape index (κ3) is 5.87. The number of hydrogen-bond donors (Lipinski definition) is 0. The summed E-state index contributed by atoms with van der Waals surface area (Å²) in [5.74, 6) is 0.917. The summed E-state index contributed by atoms with van der Waals surface area (Å²) in [6.45, 7) is 6.29. The normalized spacial score (nSPS) is 19.4. The van der Waals surface area contributed by atoms with Gasteiger partial charge in [-0.15, -0.1) is 0 Å². The Bertz CT molecular complexity index is 1180. The first kappa shape index (κ1) is 25.8. The van der Waals surface area contributed by atoms with Crippen molar-refractivity contribution in [2.24, 2.45) is 5.92 Å². The summed E-state index contributed by atoms with van der Waals surface area (Å²) in [4.78, 5) is 19.5. The van der Waals surface area contributed by atoms with Crippen LogP contribution in [0.15, 0.2) is 54.7 Å². The Morgan fingerprint density at radius 2 is 1.86 bits per heavy atom. The van der Waals surface area contributed by atoms with Crippen LogP contribution in [0.25, 0.3) is 22.0 Å². The van der Waals surface area contributed by atoms with Crippen LogP contribution in [0.1, 0.15) is 42.7 Å². The van der Waals surface area contributed by atoms with Crippen LogP contribution in [0.5, 0.6) is 0 Å². The predicted octanol–water partition coefficient (Wildman–Crippen LogP) is 5.37. The van der Waals surface area contributed by atoms with Crippen LogP contribution in [0.2, 0.25) is 0 Å². The number of nitrogens with zero attached hydrogens (tertiary/aromatic N) is 2. The quantitative estimate of drug-likeness (QED) is 0.368. The zero-order valence-electron chi connectivity index (χ0n) is 22.0. The van der Waals surface area contributed by atoms with Crippen LogP contribution in [0, 0.1) is 12.8 Å². The standard InChI is InChI=1S/C31H38N2O4/c1-22-26-6-3-4-7-29(26)32-20-27(22)23-9-11-24(12-10-23)28(21-36-19-18-35-2)25-13-15-33(16-14-25)31(34)30-8-5-17-37-30/h3-4,6-7,9-12,20,25,28,30H,5,8,13-19,21H2,1-2H3/t28?,30-/m1/s1. The van der Waals surface area contributed by atoms with E-state index in [1.165, 1.54) is 27.6 Å². The monoisotopic (exact) mass is 502 g/mol. The third-order valence-electron chi connectivity index (χ3n) is 8.05. The van der Waals surface area contributed by atoms with Crippen molar-refractivity contribution in [1.82, 2.24) is 9.88 Å². The SMILES string of the molecule is COCCOCC(c1ccc(-c2cnc3ccccc3c2C)cc1)C1CCN(C(=O)[C@H]2CCCO2)CC1. The highest BCUT2D eigenvalue weighted by atomic mass is 16.5. The van der Waals surface area contributed by atoms with Gasteiger partial charge in [0.05, 0.1) is 25.3 Å². The highest BCUT2D eigenvalue weighted by Crippen LogP contribution is 2.35. The Labute approximate surface area is 219 Å². The molecular weight excluding hydrogens is 464 g/mol. The number of aryl methyl sites for hydroxylation is 1. The first-order valence-corrected chi connectivity index (χ1v) is 13.6. The molecule has 2 atom stereocenters. The predicted molar refractivity (Wildman–Crippen MR) is 146 cm³/mol. The van der Waals surface area contributed by atoms with Crippen molar-refractivity contribution in [2.45, 2.75) is 44.6 Å². The molecule has 1 amide bonds. The van der Waals surface area contributed by atoms with Gasteiger partial charge in [0, 0.05) is 49.9 Å². The number of amides is 1. The van der Waals surface area contributed by atoms with Crippen LogP contribution < -0.4 is 0 Å². The Morgan fingerprint density at radius 1 is 1.08 bits per heavy atom. The Balaban J connectivity index is 1.31. The molecule has 3 heterocycles. The van der Waals surface area contributed by atoms with Crippen LogP contribution in [0.4, 0.5) is 0 Å². The minimum atomic E-state index is -0.231. The van der Waals surface area contributed by atoms with Crippen molar-refractivity contribution in [1.29, 1.82) is 0 Å². The smallest absolute Gasteiger partial charge is 0.251 e. The van der Waals surface area contributed by atoms with E-state index >= 15 is 0 Å². The number of carbonyl (C=O) groups excluding carboxylic acids is 1. The molecule has 2 aliphatic heterocycles. The fourth-order valence-electron chi connectivity index (χ4n) is 5.84. The van der Waals surface area contributed by atoms with E-state index in [1.807, 2.05) is 17.2 Å². The van der Waals surface area contributed by atoms with E-state index in [9.17, 15) is 4.79 Å². The number of piperidine rings is 1. The second kappa shape index (κ2) is 12.2. The summed E-state index contributed by atoms with van der Waals surface area (Å²) in [6.07, 6.45) is 5.55. The van der Waals surface area contributed by atoms with Gasteiger partial charge in [-0.25, -0.2) is 0 Å². The number of fused-ring (bicyclic) bond motifs is 1. The molecule has 5 rings (SSSR count). The van der Waals surface area contributed by atoms with Crippen LogP contribution in [0.3, 0.4) is 0 Å². The average Bonchev–Trinajstić information content (AvgIpc) is 3.49. The lowest BCUT2D eigenvalue weighted by molar-refractivity contribution is -0.142. The lowest BCUT2D eigenvalue weighted by Crippen LogP contribution is -2.44. The van der Waals surface area contributed by atoms with Gasteiger partial charge in [0.25, 0.3) is 5.91 Å². The number of carbonyl (C=O) groups is 1. The van der Waals surface area contributed by atoms with Crippen LogP contribution in [-0.4, -0.2) is 68.5 Å². The molecule has 196 valence electrons. The molecule has 0 saturated carbocycles. The molecule has 2 aromatic carbocycles. The van der Waals surface area contributed by atoms with E-state index in [0.717, 1.165) is 44.3 Å². The highest BCUT2D eigenvalue weighted by molar-refractivity contribution is 5.88. The minimum absolute atomic E-state index is 0.174. The zero-order chi connectivity index (χ0) is 25.6. The van der Waals surface area contributed by atoms with Crippen LogP contribution >= 0.6 is 0 Å². The zero-order valence-corrected chi connectivity index (χ0v) is 22.0. The summed E-state index contributed by atoms with van der Waals surface area (Å²) in [5.41, 5.74) is 5.91. The topological polar surface area (TPSA) is 60.9 Å². The van der Waals surface area contributed by atoms with Gasteiger partial charge in [-0.3, -0.25) is 9.78 Å². The van der Waals surface area contributed by atoms with Gasteiger partial charge in [-0.2, -0.15) is 0 Å². The fraction of sp³-hybridized carbons (Fsp3) is 0.484.